The van der Waals surface area contributed by atoms with Gasteiger partial charge in [0.2, 0.25) is 0 Å². The fourth-order valence-electron chi connectivity index (χ4n) is 2.78. The zero-order chi connectivity index (χ0) is 14.2. The fraction of sp³-hybridized carbons (Fsp3) is 0.647. The summed E-state index contributed by atoms with van der Waals surface area (Å²) < 4.78 is 5.04. The van der Waals surface area contributed by atoms with Gasteiger partial charge in [-0.05, 0) is 42.9 Å². The summed E-state index contributed by atoms with van der Waals surface area (Å²) in [7, 11) is 1.74. The molecule has 0 radical (unpaired) electrons. The third-order valence-electron chi connectivity index (χ3n) is 4.00. The minimum Gasteiger partial charge on any atom is -0.383 e. The van der Waals surface area contributed by atoms with Crippen LogP contribution in [0.15, 0.2) is 23.1 Å². The van der Waals surface area contributed by atoms with Gasteiger partial charge in [-0.3, -0.25) is 0 Å². The second-order valence-corrected chi connectivity index (χ2v) is 6.79. The number of hydrogen-bond donors (Lipinski definition) is 1. The van der Waals surface area contributed by atoms with Crippen molar-refractivity contribution in [2.24, 2.45) is 5.92 Å². The van der Waals surface area contributed by atoms with Crippen LogP contribution < -0.4 is 5.32 Å². The van der Waals surface area contributed by atoms with Crippen molar-refractivity contribution >= 4 is 11.8 Å². The lowest BCUT2D eigenvalue weighted by atomic mass is 10.1. The monoisotopic (exact) mass is 293 g/mol. The molecule has 1 aliphatic carbocycles. The van der Waals surface area contributed by atoms with E-state index in [-0.39, 0.29) is 0 Å². The Morgan fingerprint density at radius 1 is 1.30 bits per heavy atom. The minimum atomic E-state index is 0.772. The summed E-state index contributed by atoms with van der Waals surface area (Å²) in [6, 6.07) is 6.86. The Morgan fingerprint density at radius 3 is 2.80 bits per heavy atom. The summed E-state index contributed by atoms with van der Waals surface area (Å²) in [5, 5.41) is 3.39. The Kier molecular flexibility index (Phi) is 6.91. The molecule has 1 aromatic carbocycles. The number of hydrogen-bond acceptors (Lipinski definition) is 3. The molecule has 0 aromatic heterocycles. The predicted octanol–water partition coefficient (Wildman–Crippen LogP) is 4.01. The average Bonchev–Trinajstić information content (AvgIpc) is 2.96. The smallest absolute Gasteiger partial charge is 0.0587 e. The standard InChI is InChI=1S/C17H27NOS/c1-14-11-16(12-18-9-10-19-2)7-8-17(14)20-13-15-5-3-4-6-15/h7-8,11,15,18H,3-6,9-10,12-13H2,1-2H3. The van der Waals surface area contributed by atoms with Gasteiger partial charge in [-0.15, -0.1) is 11.8 Å². The quantitative estimate of drug-likeness (QED) is 0.578. The van der Waals surface area contributed by atoms with Crippen LogP contribution in [0.2, 0.25) is 0 Å². The highest BCUT2D eigenvalue weighted by molar-refractivity contribution is 7.99. The molecule has 20 heavy (non-hydrogen) atoms. The first kappa shape index (κ1) is 15.9. The molecule has 112 valence electrons. The number of thioether (sulfide) groups is 1. The van der Waals surface area contributed by atoms with Gasteiger partial charge < -0.3 is 10.1 Å². The number of aryl methyl sites for hydroxylation is 1. The largest absolute Gasteiger partial charge is 0.383 e. The second kappa shape index (κ2) is 8.71. The van der Waals surface area contributed by atoms with Gasteiger partial charge in [-0.25, -0.2) is 0 Å². The molecule has 0 amide bonds. The van der Waals surface area contributed by atoms with Crippen molar-refractivity contribution in [1.29, 1.82) is 0 Å². The van der Waals surface area contributed by atoms with Gasteiger partial charge in [0.25, 0.3) is 0 Å². The molecule has 0 saturated heterocycles. The van der Waals surface area contributed by atoms with E-state index < -0.39 is 0 Å². The summed E-state index contributed by atoms with van der Waals surface area (Å²) in [4.78, 5) is 1.46. The lowest BCUT2D eigenvalue weighted by molar-refractivity contribution is 0.199. The summed E-state index contributed by atoms with van der Waals surface area (Å²) >= 11 is 2.04. The first-order valence-electron chi connectivity index (χ1n) is 7.71. The van der Waals surface area contributed by atoms with Gasteiger partial charge in [0, 0.05) is 30.8 Å². The van der Waals surface area contributed by atoms with Gasteiger partial charge in [0.15, 0.2) is 0 Å². The van der Waals surface area contributed by atoms with Crippen LogP contribution in [0.5, 0.6) is 0 Å². The van der Waals surface area contributed by atoms with Crippen LogP contribution in [0.3, 0.4) is 0 Å². The van der Waals surface area contributed by atoms with E-state index >= 15 is 0 Å². The maximum Gasteiger partial charge on any atom is 0.0587 e. The predicted molar refractivity (Wildman–Crippen MR) is 87.4 cm³/mol. The van der Waals surface area contributed by atoms with Crippen molar-refractivity contribution in [3.8, 4) is 0 Å². The Bertz CT molecular complexity index is 402. The van der Waals surface area contributed by atoms with E-state index in [4.69, 9.17) is 4.74 Å². The maximum absolute atomic E-state index is 5.04. The van der Waals surface area contributed by atoms with Gasteiger partial charge in [-0.1, -0.05) is 25.0 Å². The molecule has 1 fully saturated rings. The molecule has 3 heteroatoms. The van der Waals surface area contributed by atoms with Gasteiger partial charge in [0.1, 0.15) is 0 Å². The molecule has 0 unspecified atom stereocenters. The van der Waals surface area contributed by atoms with Crippen molar-refractivity contribution < 1.29 is 4.74 Å². The molecule has 1 aromatic rings. The molecule has 1 aliphatic rings. The Labute approximate surface area is 127 Å². The maximum atomic E-state index is 5.04. The molecular weight excluding hydrogens is 266 g/mol. The minimum absolute atomic E-state index is 0.772. The molecule has 2 rings (SSSR count). The van der Waals surface area contributed by atoms with E-state index in [2.05, 4.69) is 30.4 Å². The van der Waals surface area contributed by atoms with E-state index in [9.17, 15) is 0 Å². The first-order valence-corrected chi connectivity index (χ1v) is 8.70. The topological polar surface area (TPSA) is 21.3 Å². The molecule has 0 atom stereocenters. The van der Waals surface area contributed by atoms with Crippen LogP contribution >= 0.6 is 11.8 Å². The highest BCUT2D eigenvalue weighted by Gasteiger charge is 2.15. The van der Waals surface area contributed by atoms with Crippen LogP contribution in [0.4, 0.5) is 0 Å². The molecule has 1 N–H and O–H groups in total. The van der Waals surface area contributed by atoms with E-state index in [1.165, 1.54) is 47.5 Å². The van der Waals surface area contributed by atoms with Crippen LogP contribution in [-0.4, -0.2) is 26.0 Å². The van der Waals surface area contributed by atoms with Crippen LogP contribution in [0.25, 0.3) is 0 Å². The summed E-state index contributed by atoms with van der Waals surface area (Å²) in [6.07, 6.45) is 5.76. The first-order chi connectivity index (χ1) is 9.79. The molecule has 0 aliphatic heterocycles. The lowest BCUT2D eigenvalue weighted by Gasteiger charge is -2.12. The zero-order valence-electron chi connectivity index (χ0n) is 12.8. The van der Waals surface area contributed by atoms with Crippen molar-refractivity contribution in [2.45, 2.75) is 44.0 Å². The number of ether oxygens (including phenoxy) is 1. The number of benzene rings is 1. The highest BCUT2D eigenvalue weighted by atomic mass is 32.2. The van der Waals surface area contributed by atoms with E-state index in [0.717, 1.165) is 25.6 Å². The molecule has 0 spiro atoms. The van der Waals surface area contributed by atoms with E-state index in [1.54, 1.807) is 7.11 Å². The van der Waals surface area contributed by atoms with Gasteiger partial charge >= 0.3 is 0 Å². The normalized spacial score (nSPS) is 15.9. The third-order valence-corrected chi connectivity index (χ3v) is 5.41. The second-order valence-electron chi connectivity index (χ2n) is 5.73. The van der Waals surface area contributed by atoms with Crippen molar-refractivity contribution in [3.63, 3.8) is 0 Å². The molecule has 0 bridgehead atoms. The highest BCUT2D eigenvalue weighted by Crippen LogP contribution is 2.32. The summed E-state index contributed by atoms with van der Waals surface area (Å²) in [5.74, 6) is 2.25. The van der Waals surface area contributed by atoms with Crippen LogP contribution in [0.1, 0.15) is 36.8 Å². The van der Waals surface area contributed by atoms with Gasteiger partial charge in [0.05, 0.1) is 6.61 Å². The van der Waals surface area contributed by atoms with Crippen LogP contribution in [0, 0.1) is 12.8 Å². The average molecular weight is 293 g/mol. The SMILES string of the molecule is COCCNCc1ccc(SCC2CCCC2)c(C)c1. The van der Waals surface area contributed by atoms with Crippen molar-refractivity contribution in [1.82, 2.24) is 5.32 Å². The Morgan fingerprint density at radius 2 is 2.10 bits per heavy atom. The van der Waals surface area contributed by atoms with Gasteiger partial charge in [-0.2, -0.15) is 0 Å². The third kappa shape index (κ3) is 5.12. The molecular formula is C17H27NOS. The van der Waals surface area contributed by atoms with Crippen molar-refractivity contribution in [2.75, 3.05) is 26.0 Å². The molecule has 2 nitrogen and oxygen atoms in total. The van der Waals surface area contributed by atoms with Crippen molar-refractivity contribution in [3.05, 3.63) is 29.3 Å². The summed E-state index contributed by atoms with van der Waals surface area (Å²) in [6.45, 7) is 4.84. The lowest BCUT2D eigenvalue weighted by Crippen LogP contribution is -2.18. The number of nitrogens with one attached hydrogen (secondary N) is 1. The number of rotatable bonds is 8. The number of methoxy groups -OCH3 is 1. The zero-order valence-corrected chi connectivity index (χ0v) is 13.6. The Balaban J connectivity index is 1.78. The summed E-state index contributed by atoms with van der Waals surface area (Å²) in [5.41, 5.74) is 2.78. The van der Waals surface area contributed by atoms with E-state index in [0.29, 0.717) is 0 Å². The van der Waals surface area contributed by atoms with Crippen LogP contribution in [-0.2, 0) is 11.3 Å². The van der Waals surface area contributed by atoms with E-state index in [1.807, 2.05) is 11.8 Å². The molecule has 1 saturated carbocycles. The molecule has 0 heterocycles. The fourth-order valence-corrected chi connectivity index (χ4v) is 3.97. The Hall–Kier alpha value is -0.510.